The van der Waals surface area contributed by atoms with Crippen LogP contribution in [0.1, 0.15) is 19.4 Å². The first-order valence-electron chi connectivity index (χ1n) is 7.32. The maximum atomic E-state index is 12.7. The molecule has 1 saturated heterocycles. The Morgan fingerprint density at radius 2 is 2.10 bits per heavy atom. The Labute approximate surface area is 125 Å². The average molecular weight is 311 g/mol. The number of hydrogen-bond donors (Lipinski definition) is 1. The lowest BCUT2D eigenvalue weighted by atomic mass is 10.00. The minimum Gasteiger partial charge on any atom is -0.490 e. The molecule has 6 heteroatoms. The predicted molar refractivity (Wildman–Crippen MR) is 78.7 cm³/mol. The monoisotopic (exact) mass is 311 g/mol. The third-order valence-corrected chi connectivity index (χ3v) is 6.30. The van der Waals surface area contributed by atoms with Gasteiger partial charge in [0.05, 0.1) is 4.90 Å². The number of fused-ring (bicyclic) bond motifs is 1. The molecule has 0 unspecified atom stereocenters. The molecule has 0 aromatic heterocycles. The van der Waals surface area contributed by atoms with Crippen molar-refractivity contribution in [1.82, 2.24) is 4.31 Å². The van der Waals surface area contributed by atoms with Crippen LogP contribution in [-0.4, -0.2) is 43.6 Å². The molecule has 0 radical (unpaired) electrons. The van der Waals surface area contributed by atoms with E-state index in [4.69, 9.17) is 4.74 Å². The number of aliphatic hydroxyl groups excluding tert-OH is 1. The molecule has 21 heavy (non-hydrogen) atoms. The molecule has 2 aliphatic heterocycles. The van der Waals surface area contributed by atoms with Crippen molar-refractivity contribution in [2.24, 2.45) is 11.8 Å². The minimum absolute atomic E-state index is 0.0255. The summed E-state index contributed by atoms with van der Waals surface area (Å²) in [7, 11) is -3.49. The predicted octanol–water partition coefficient (Wildman–Crippen LogP) is 1.26. The van der Waals surface area contributed by atoms with Crippen molar-refractivity contribution in [3.63, 3.8) is 0 Å². The van der Waals surface area contributed by atoms with E-state index in [0.29, 0.717) is 18.0 Å². The number of ether oxygens (including phenoxy) is 1. The summed E-state index contributed by atoms with van der Waals surface area (Å²) in [5, 5.41) is 9.31. The fraction of sp³-hybridized carbons (Fsp3) is 0.600. The van der Waals surface area contributed by atoms with Crippen molar-refractivity contribution in [2.75, 3.05) is 19.7 Å². The van der Waals surface area contributed by atoms with Gasteiger partial charge in [-0.2, -0.15) is 4.31 Å². The minimum atomic E-state index is -3.49. The molecule has 3 atom stereocenters. The SMILES string of the molecule is C[C@@H]1CN(S(=O)(=O)c2ccc3c(c2)C[C@H](C)O3)C[C@H]1CO. The highest BCUT2D eigenvalue weighted by Gasteiger charge is 2.37. The van der Waals surface area contributed by atoms with Crippen LogP contribution < -0.4 is 4.74 Å². The van der Waals surface area contributed by atoms with Crippen LogP contribution in [0.15, 0.2) is 23.1 Å². The molecule has 0 saturated carbocycles. The fourth-order valence-electron chi connectivity index (χ4n) is 3.13. The molecule has 1 aromatic rings. The molecule has 116 valence electrons. The van der Waals surface area contributed by atoms with E-state index in [1.807, 2.05) is 13.8 Å². The van der Waals surface area contributed by atoms with Gasteiger partial charge in [-0.25, -0.2) is 8.42 Å². The van der Waals surface area contributed by atoms with Gasteiger partial charge in [0.15, 0.2) is 0 Å². The summed E-state index contributed by atoms with van der Waals surface area (Å²) in [5.41, 5.74) is 0.953. The number of rotatable bonds is 3. The van der Waals surface area contributed by atoms with Crippen molar-refractivity contribution in [3.05, 3.63) is 23.8 Å². The Morgan fingerprint density at radius 1 is 1.33 bits per heavy atom. The molecule has 3 rings (SSSR count). The summed E-state index contributed by atoms with van der Waals surface area (Å²) in [6, 6.07) is 5.09. The number of nitrogens with zero attached hydrogens (tertiary/aromatic N) is 1. The third-order valence-electron chi connectivity index (χ3n) is 4.47. The van der Waals surface area contributed by atoms with Gasteiger partial charge in [-0.15, -0.1) is 0 Å². The quantitative estimate of drug-likeness (QED) is 0.912. The molecular formula is C15H21NO4S. The summed E-state index contributed by atoms with van der Waals surface area (Å²) < 4.78 is 32.5. The highest BCUT2D eigenvalue weighted by atomic mass is 32.2. The van der Waals surface area contributed by atoms with Crippen molar-refractivity contribution >= 4 is 10.0 Å². The molecule has 1 fully saturated rings. The summed E-state index contributed by atoms with van der Waals surface area (Å²) in [4.78, 5) is 0.324. The first kappa shape index (κ1) is 14.8. The smallest absolute Gasteiger partial charge is 0.243 e. The van der Waals surface area contributed by atoms with Crippen LogP contribution in [0.5, 0.6) is 5.75 Å². The number of sulfonamides is 1. The van der Waals surface area contributed by atoms with Crippen molar-refractivity contribution < 1.29 is 18.3 Å². The molecule has 2 heterocycles. The third kappa shape index (κ3) is 2.56. The highest BCUT2D eigenvalue weighted by Crippen LogP contribution is 2.33. The second kappa shape index (κ2) is 5.26. The molecule has 5 nitrogen and oxygen atoms in total. The van der Waals surface area contributed by atoms with Crippen molar-refractivity contribution in [1.29, 1.82) is 0 Å². The van der Waals surface area contributed by atoms with Gasteiger partial charge in [0.1, 0.15) is 11.9 Å². The van der Waals surface area contributed by atoms with Gasteiger partial charge in [-0.1, -0.05) is 6.92 Å². The van der Waals surface area contributed by atoms with Crippen LogP contribution in [0.4, 0.5) is 0 Å². The molecular weight excluding hydrogens is 290 g/mol. The Bertz CT molecular complexity index is 643. The molecule has 0 bridgehead atoms. The first-order chi connectivity index (χ1) is 9.91. The normalized spacial score (nSPS) is 29.4. The fourth-order valence-corrected chi connectivity index (χ4v) is 4.78. The molecule has 0 spiro atoms. The maximum Gasteiger partial charge on any atom is 0.243 e. The standard InChI is InChI=1S/C15H21NO4S/c1-10-7-16(8-13(10)9-17)21(18,19)14-3-4-15-12(6-14)5-11(2)20-15/h3-4,6,10-11,13,17H,5,7-9H2,1-2H3/t10-,11+,13+/m1/s1. The molecule has 0 amide bonds. The van der Waals surface area contributed by atoms with E-state index < -0.39 is 10.0 Å². The van der Waals surface area contributed by atoms with Crippen LogP contribution >= 0.6 is 0 Å². The van der Waals surface area contributed by atoms with E-state index in [0.717, 1.165) is 17.7 Å². The zero-order valence-corrected chi connectivity index (χ0v) is 13.1. The van der Waals surface area contributed by atoms with Crippen LogP contribution in [-0.2, 0) is 16.4 Å². The zero-order chi connectivity index (χ0) is 15.2. The summed E-state index contributed by atoms with van der Waals surface area (Å²) in [5.74, 6) is 0.990. The number of aliphatic hydroxyl groups is 1. The largest absolute Gasteiger partial charge is 0.490 e. The highest BCUT2D eigenvalue weighted by molar-refractivity contribution is 7.89. The van der Waals surface area contributed by atoms with Crippen LogP contribution in [0.25, 0.3) is 0 Å². The van der Waals surface area contributed by atoms with Gasteiger partial charge in [0.2, 0.25) is 10.0 Å². The Morgan fingerprint density at radius 3 is 2.76 bits per heavy atom. The maximum absolute atomic E-state index is 12.7. The van der Waals surface area contributed by atoms with E-state index in [9.17, 15) is 13.5 Å². The first-order valence-corrected chi connectivity index (χ1v) is 8.76. The van der Waals surface area contributed by atoms with Gasteiger partial charge >= 0.3 is 0 Å². The van der Waals surface area contributed by atoms with Crippen LogP contribution in [0, 0.1) is 11.8 Å². The van der Waals surface area contributed by atoms with E-state index in [1.54, 1.807) is 18.2 Å². The van der Waals surface area contributed by atoms with Crippen molar-refractivity contribution in [3.8, 4) is 5.75 Å². The Kier molecular flexibility index (Phi) is 3.71. The van der Waals surface area contributed by atoms with E-state index in [2.05, 4.69) is 0 Å². The summed E-state index contributed by atoms with van der Waals surface area (Å²) >= 11 is 0. The number of benzene rings is 1. The van der Waals surface area contributed by atoms with Gasteiger partial charge in [-0.05, 0) is 42.5 Å². The second-order valence-electron chi connectivity index (χ2n) is 6.14. The molecule has 1 N–H and O–H groups in total. The lowest BCUT2D eigenvalue weighted by Crippen LogP contribution is -2.29. The Hall–Kier alpha value is -1.11. The van der Waals surface area contributed by atoms with Gasteiger partial charge in [0.25, 0.3) is 0 Å². The lowest BCUT2D eigenvalue weighted by Gasteiger charge is -2.16. The van der Waals surface area contributed by atoms with Gasteiger partial charge in [-0.3, -0.25) is 0 Å². The average Bonchev–Trinajstić information content (AvgIpc) is 2.99. The van der Waals surface area contributed by atoms with E-state index in [-0.39, 0.29) is 24.5 Å². The van der Waals surface area contributed by atoms with Gasteiger partial charge in [0, 0.05) is 26.1 Å². The summed E-state index contributed by atoms with van der Waals surface area (Å²) in [6.45, 7) is 4.85. The van der Waals surface area contributed by atoms with E-state index >= 15 is 0 Å². The second-order valence-corrected chi connectivity index (χ2v) is 8.08. The topological polar surface area (TPSA) is 66.8 Å². The van der Waals surface area contributed by atoms with Crippen LogP contribution in [0.2, 0.25) is 0 Å². The molecule has 1 aromatic carbocycles. The molecule has 2 aliphatic rings. The zero-order valence-electron chi connectivity index (χ0n) is 12.3. The van der Waals surface area contributed by atoms with Gasteiger partial charge < -0.3 is 9.84 Å². The summed E-state index contributed by atoms with van der Waals surface area (Å²) in [6.07, 6.45) is 0.845. The Balaban J connectivity index is 1.88. The molecule has 0 aliphatic carbocycles. The van der Waals surface area contributed by atoms with Crippen LogP contribution in [0.3, 0.4) is 0 Å². The van der Waals surface area contributed by atoms with E-state index in [1.165, 1.54) is 4.31 Å². The lowest BCUT2D eigenvalue weighted by molar-refractivity contribution is 0.210. The number of hydrogen-bond acceptors (Lipinski definition) is 4. The van der Waals surface area contributed by atoms with Crippen molar-refractivity contribution in [2.45, 2.75) is 31.3 Å².